The Kier molecular flexibility index (Phi) is 3.70. The summed E-state index contributed by atoms with van der Waals surface area (Å²) in [4.78, 5) is 14.8. The van der Waals surface area contributed by atoms with E-state index in [4.69, 9.17) is 5.11 Å². The van der Waals surface area contributed by atoms with E-state index >= 15 is 0 Å². The van der Waals surface area contributed by atoms with Gasteiger partial charge in [0, 0.05) is 31.7 Å². The average molecular weight is 216 g/mol. The number of rotatable bonds is 3. The summed E-state index contributed by atoms with van der Waals surface area (Å²) in [5, 5.41) is 17.9. The summed E-state index contributed by atoms with van der Waals surface area (Å²) in [5.41, 5.74) is 0.0382. The number of carboxylic acids is 1. The second-order valence-corrected chi connectivity index (χ2v) is 4.82. The molecule has 1 fully saturated rings. The number of nitrogens with zero attached hydrogens (tertiary/aromatic N) is 2. The molecule has 1 atom stereocenters. The first-order chi connectivity index (χ1) is 6.83. The summed E-state index contributed by atoms with van der Waals surface area (Å²) < 4.78 is 0. The maximum atomic E-state index is 10.5. The van der Waals surface area contributed by atoms with Gasteiger partial charge in [0.25, 0.3) is 0 Å². The van der Waals surface area contributed by atoms with Gasteiger partial charge in [-0.25, -0.2) is 4.79 Å². The number of aliphatic carboxylic acids is 1. The lowest BCUT2D eigenvalue weighted by Crippen LogP contribution is -2.59. The van der Waals surface area contributed by atoms with E-state index in [1.807, 2.05) is 4.90 Å². The van der Waals surface area contributed by atoms with Crippen molar-refractivity contribution < 1.29 is 15.0 Å². The van der Waals surface area contributed by atoms with Gasteiger partial charge in [0.15, 0.2) is 6.10 Å². The van der Waals surface area contributed by atoms with Crippen LogP contribution < -0.4 is 0 Å². The van der Waals surface area contributed by atoms with Crippen molar-refractivity contribution in [3.8, 4) is 0 Å². The van der Waals surface area contributed by atoms with Crippen LogP contribution in [0.5, 0.6) is 0 Å². The van der Waals surface area contributed by atoms with Gasteiger partial charge in [-0.2, -0.15) is 0 Å². The van der Waals surface area contributed by atoms with Crippen LogP contribution in [0.4, 0.5) is 0 Å². The van der Waals surface area contributed by atoms with Gasteiger partial charge in [0.2, 0.25) is 0 Å². The number of piperazine rings is 1. The maximum absolute atomic E-state index is 10.5. The monoisotopic (exact) mass is 216 g/mol. The summed E-state index contributed by atoms with van der Waals surface area (Å²) in [7, 11) is 2.06. The second-order valence-electron chi connectivity index (χ2n) is 4.82. The first-order valence-electron chi connectivity index (χ1n) is 5.17. The normalized spacial score (nSPS) is 25.1. The first-order valence-corrected chi connectivity index (χ1v) is 5.17. The lowest BCUT2D eigenvalue weighted by molar-refractivity contribution is -0.148. The lowest BCUT2D eigenvalue weighted by Gasteiger charge is -2.45. The standard InChI is InChI=1S/C10H20N2O3/c1-10(2)7-12(5-4-11(10)3)6-8(13)9(14)15/h8,13H,4-7H2,1-3H3,(H,14,15). The molecule has 0 bridgehead atoms. The molecule has 1 aliphatic heterocycles. The molecule has 1 saturated heterocycles. The zero-order chi connectivity index (χ0) is 11.6. The third kappa shape index (κ3) is 3.15. The highest BCUT2D eigenvalue weighted by atomic mass is 16.4. The van der Waals surface area contributed by atoms with Crippen molar-refractivity contribution in [3.05, 3.63) is 0 Å². The van der Waals surface area contributed by atoms with Crippen molar-refractivity contribution in [2.24, 2.45) is 0 Å². The smallest absolute Gasteiger partial charge is 0.333 e. The zero-order valence-electron chi connectivity index (χ0n) is 9.60. The van der Waals surface area contributed by atoms with Crippen LogP contribution in [-0.4, -0.2) is 70.9 Å². The minimum atomic E-state index is -1.27. The summed E-state index contributed by atoms with van der Waals surface area (Å²) in [5.74, 6) is -1.15. The highest BCUT2D eigenvalue weighted by molar-refractivity contribution is 5.72. The van der Waals surface area contributed by atoms with Crippen molar-refractivity contribution >= 4 is 5.97 Å². The number of aliphatic hydroxyl groups excluding tert-OH is 1. The molecule has 0 aromatic rings. The Bertz CT molecular complexity index is 243. The number of carbonyl (C=O) groups is 1. The summed E-state index contributed by atoms with van der Waals surface area (Å²) in [6.07, 6.45) is -1.27. The molecule has 0 saturated carbocycles. The third-order valence-corrected chi connectivity index (χ3v) is 3.11. The molecule has 15 heavy (non-hydrogen) atoms. The topological polar surface area (TPSA) is 64.0 Å². The number of carboxylic acid groups (broad SMARTS) is 1. The largest absolute Gasteiger partial charge is 0.479 e. The van der Waals surface area contributed by atoms with E-state index in [2.05, 4.69) is 25.8 Å². The Morgan fingerprint density at radius 2 is 2.07 bits per heavy atom. The van der Waals surface area contributed by atoms with Gasteiger partial charge in [-0.05, 0) is 20.9 Å². The number of hydrogen-bond donors (Lipinski definition) is 2. The molecule has 5 nitrogen and oxygen atoms in total. The Morgan fingerprint density at radius 3 is 2.53 bits per heavy atom. The lowest BCUT2D eigenvalue weighted by atomic mass is 9.99. The van der Waals surface area contributed by atoms with Gasteiger partial charge < -0.3 is 10.2 Å². The fraction of sp³-hybridized carbons (Fsp3) is 0.900. The SMILES string of the molecule is CN1CCN(CC(O)C(=O)O)CC1(C)C. The van der Waals surface area contributed by atoms with Gasteiger partial charge in [0.05, 0.1) is 0 Å². The molecule has 1 heterocycles. The van der Waals surface area contributed by atoms with E-state index in [-0.39, 0.29) is 12.1 Å². The first kappa shape index (κ1) is 12.4. The van der Waals surface area contributed by atoms with Crippen LogP contribution >= 0.6 is 0 Å². The van der Waals surface area contributed by atoms with Gasteiger partial charge in [-0.3, -0.25) is 9.80 Å². The minimum absolute atomic E-state index is 0.0382. The van der Waals surface area contributed by atoms with Crippen molar-refractivity contribution in [2.45, 2.75) is 25.5 Å². The Balaban J connectivity index is 2.49. The minimum Gasteiger partial charge on any atom is -0.479 e. The molecular formula is C10H20N2O3. The van der Waals surface area contributed by atoms with E-state index in [0.717, 1.165) is 19.6 Å². The molecule has 5 heteroatoms. The van der Waals surface area contributed by atoms with E-state index in [0.29, 0.717) is 0 Å². The predicted octanol–water partition coefficient (Wildman–Crippen LogP) is -0.542. The fourth-order valence-electron chi connectivity index (χ4n) is 1.82. The zero-order valence-corrected chi connectivity index (χ0v) is 9.60. The van der Waals surface area contributed by atoms with Gasteiger partial charge >= 0.3 is 5.97 Å². The van der Waals surface area contributed by atoms with Crippen molar-refractivity contribution in [1.82, 2.24) is 9.80 Å². The Labute approximate surface area is 90.3 Å². The van der Waals surface area contributed by atoms with Gasteiger partial charge in [-0.1, -0.05) is 0 Å². The van der Waals surface area contributed by atoms with Crippen molar-refractivity contribution in [1.29, 1.82) is 0 Å². The van der Waals surface area contributed by atoms with E-state index in [9.17, 15) is 9.90 Å². The molecule has 0 aromatic carbocycles. The van der Waals surface area contributed by atoms with Gasteiger partial charge in [0.1, 0.15) is 0 Å². The predicted molar refractivity (Wildman–Crippen MR) is 56.8 cm³/mol. The second kappa shape index (κ2) is 4.47. The van der Waals surface area contributed by atoms with Crippen molar-refractivity contribution in [2.75, 3.05) is 33.2 Å². The van der Waals surface area contributed by atoms with Gasteiger partial charge in [-0.15, -0.1) is 0 Å². The highest BCUT2D eigenvalue weighted by Crippen LogP contribution is 2.18. The summed E-state index contributed by atoms with van der Waals surface area (Å²) in [6, 6.07) is 0. The van der Waals surface area contributed by atoms with Crippen LogP contribution in [0.1, 0.15) is 13.8 Å². The molecular weight excluding hydrogens is 196 g/mol. The number of β-amino-alcohol motifs (C(OH)–C–C–N with tert-alkyl or cyclic N) is 1. The quantitative estimate of drug-likeness (QED) is 0.663. The summed E-state index contributed by atoms with van der Waals surface area (Å²) in [6.45, 7) is 6.95. The molecule has 0 spiro atoms. The Hall–Kier alpha value is -0.650. The number of aliphatic hydroxyl groups is 1. The number of hydrogen-bond acceptors (Lipinski definition) is 4. The van der Waals surface area contributed by atoms with Crippen LogP contribution in [0.15, 0.2) is 0 Å². The molecule has 0 radical (unpaired) electrons. The average Bonchev–Trinajstić information content (AvgIpc) is 2.10. The van der Waals surface area contributed by atoms with Crippen LogP contribution in [0, 0.1) is 0 Å². The highest BCUT2D eigenvalue weighted by Gasteiger charge is 2.32. The third-order valence-electron chi connectivity index (χ3n) is 3.11. The number of likely N-dealkylation sites (N-methyl/N-ethyl adjacent to an activating group) is 1. The molecule has 0 amide bonds. The van der Waals surface area contributed by atoms with Crippen LogP contribution in [0.2, 0.25) is 0 Å². The maximum Gasteiger partial charge on any atom is 0.333 e. The van der Waals surface area contributed by atoms with Crippen LogP contribution in [0.3, 0.4) is 0 Å². The molecule has 88 valence electrons. The molecule has 1 unspecified atom stereocenters. The van der Waals surface area contributed by atoms with Crippen LogP contribution in [0.25, 0.3) is 0 Å². The fourth-order valence-corrected chi connectivity index (χ4v) is 1.82. The van der Waals surface area contributed by atoms with E-state index in [1.165, 1.54) is 0 Å². The van der Waals surface area contributed by atoms with Crippen LogP contribution in [-0.2, 0) is 4.79 Å². The van der Waals surface area contributed by atoms with E-state index < -0.39 is 12.1 Å². The summed E-state index contributed by atoms with van der Waals surface area (Å²) >= 11 is 0. The molecule has 2 N–H and O–H groups in total. The Morgan fingerprint density at radius 1 is 1.47 bits per heavy atom. The molecule has 1 rings (SSSR count). The van der Waals surface area contributed by atoms with E-state index in [1.54, 1.807) is 0 Å². The molecule has 0 aliphatic carbocycles. The molecule has 1 aliphatic rings. The van der Waals surface area contributed by atoms with Crippen molar-refractivity contribution in [3.63, 3.8) is 0 Å². The molecule has 0 aromatic heterocycles.